The van der Waals surface area contributed by atoms with Crippen LogP contribution in [0.5, 0.6) is 0 Å². The summed E-state index contributed by atoms with van der Waals surface area (Å²) in [7, 11) is 0. The Morgan fingerprint density at radius 3 is 2.67 bits per heavy atom. The predicted molar refractivity (Wildman–Crippen MR) is 53.5 cm³/mol. The van der Waals surface area contributed by atoms with E-state index < -0.39 is 5.60 Å². The number of hydrogen-bond acceptors (Lipinski definition) is 2. The molecule has 0 aromatic carbocycles. The van der Waals surface area contributed by atoms with Crippen molar-refractivity contribution in [1.82, 2.24) is 0 Å². The molecule has 1 atom stereocenters. The lowest BCUT2D eigenvalue weighted by atomic mass is 9.96. The Morgan fingerprint density at radius 1 is 1.58 bits per heavy atom. The highest BCUT2D eigenvalue weighted by molar-refractivity contribution is 7.10. The fourth-order valence-corrected chi connectivity index (χ4v) is 2.54. The zero-order valence-corrected chi connectivity index (χ0v) is 8.74. The van der Waals surface area contributed by atoms with Crippen molar-refractivity contribution in [2.75, 3.05) is 0 Å². The monoisotopic (exact) mass is 184 g/mol. The molecule has 1 nitrogen and oxygen atoms in total. The van der Waals surface area contributed by atoms with Crippen LogP contribution in [0.15, 0.2) is 11.4 Å². The summed E-state index contributed by atoms with van der Waals surface area (Å²) in [4.78, 5) is 1.12. The maximum Gasteiger partial charge on any atom is 0.0962 e. The SMILES string of the molecule is CCCC(C)(O)c1sccc1C. The van der Waals surface area contributed by atoms with Crippen LogP contribution in [0.1, 0.15) is 37.1 Å². The van der Waals surface area contributed by atoms with E-state index in [1.807, 2.05) is 12.3 Å². The van der Waals surface area contributed by atoms with Crippen molar-refractivity contribution in [2.24, 2.45) is 0 Å². The Morgan fingerprint density at radius 2 is 2.25 bits per heavy atom. The second-order valence-electron chi connectivity index (χ2n) is 3.46. The van der Waals surface area contributed by atoms with Gasteiger partial charge in [0.25, 0.3) is 0 Å². The molecule has 0 spiro atoms. The number of hydrogen-bond donors (Lipinski definition) is 1. The molecular weight excluding hydrogens is 168 g/mol. The van der Waals surface area contributed by atoms with Gasteiger partial charge in [-0.2, -0.15) is 0 Å². The van der Waals surface area contributed by atoms with Gasteiger partial charge in [0.15, 0.2) is 0 Å². The van der Waals surface area contributed by atoms with Gasteiger partial charge in [-0.1, -0.05) is 13.3 Å². The van der Waals surface area contributed by atoms with Crippen LogP contribution in [0.25, 0.3) is 0 Å². The van der Waals surface area contributed by atoms with Crippen LogP contribution in [0, 0.1) is 6.92 Å². The van der Waals surface area contributed by atoms with Crippen LogP contribution < -0.4 is 0 Å². The number of aliphatic hydroxyl groups is 1. The van der Waals surface area contributed by atoms with Gasteiger partial charge in [0.05, 0.1) is 5.60 Å². The topological polar surface area (TPSA) is 20.2 Å². The Kier molecular flexibility index (Phi) is 2.91. The van der Waals surface area contributed by atoms with Gasteiger partial charge in [-0.15, -0.1) is 11.3 Å². The van der Waals surface area contributed by atoms with E-state index in [4.69, 9.17) is 0 Å². The molecule has 0 saturated heterocycles. The van der Waals surface area contributed by atoms with E-state index in [1.165, 1.54) is 5.56 Å². The maximum absolute atomic E-state index is 10.1. The summed E-state index contributed by atoms with van der Waals surface area (Å²) in [5.41, 5.74) is 0.589. The van der Waals surface area contributed by atoms with Crippen molar-refractivity contribution in [3.63, 3.8) is 0 Å². The normalized spacial score (nSPS) is 16.0. The zero-order chi connectivity index (χ0) is 9.19. The minimum atomic E-state index is -0.618. The van der Waals surface area contributed by atoms with Crippen molar-refractivity contribution in [3.8, 4) is 0 Å². The fraction of sp³-hybridized carbons (Fsp3) is 0.600. The number of thiophene rings is 1. The van der Waals surface area contributed by atoms with Gasteiger partial charge in [0.2, 0.25) is 0 Å². The summed E-state index contributed by atoms with van der Waals surface area (Å²) in [6.45, 7) is 6.04. The molecule has 0 aliphatic carbocycles. The zero-order valence-electron chi connectivity index (χ0n) is 7.92. The average Bonchev–Trinajstić information content (AvgIpc) is 2.35. The highest BCUT2D eigenvalue weighted by Crippen LogP contribution is 2.32. The molecular formula is C10H16OS. The van der Waals surface area contributed by atoms with E-state index in [9.17, 15) is 5.11 Å². The van der Waals surface area contributed by atoms with E-state index in [0.29, 0.717) is 0 Å². The van der Waals surface area contributed by atoms with Crippen LogP contribution >= 0.6 is 11.3 Å². The second kappa shape index (κ2) is 3.58. The second-order valence-corrected chi connectivity index (χ2v) is 4.37. The Bertz CT molecular complexity index is 250. The lowest BCUT2D eigenvalue weighted by molar-refractivity contribution is 0.0502. The molecule has 12 heavy (non-hydrogen) atoms. The summed E-state index contributed by atoms with van der Waals surface area (Å²) >= 11 is 1.65. The third-order valence-corrected chi connectivity index (χ3v) is 3.36. The van der Waals surface area contributed by atoms with Crippen LogP contribution in [0.4, 0.5) is 0 Å². The van der Waals surface area contributed by atoms with E-state index in [2.05, 4.69) is 19.9 Å². The van der Waals surface area contributed by atoms with E-state index in [-0.39, 0.29) is 0 Å². The lowest BCUT2D eigenvalue weighted by Crippen LogP contribution is -2.19. The molecule has 1 heterocycles. The predicted octanol–water partition coefficient (Wildman–Crippen LogP) is 3.06. The molecule has 1 N–H and O–H groups in total. The van der Waals surface area contributed by atoms with Crippen molar-refractivity contribution >= 4 is 11.3 Å². The van der Waals surface area contributed by atoms with Crippen molar-refractivity contribution < 1.29 is 5.11 Å². The summed E-state index contributed by atoms with van der Waals surface area (Å²) in [5, 5.41) is 12.1. The van der Waals surface area contributed by atoms with E-state index in [1.54, 1.807) is 11.3 Å². The molecule has 0 fully saturated rings. The van der Waals surface area contributed by atoms with E-state index in [0.717, 1.165) is 17.7 Å². The standard InChI is InChI=1S/C10H16OS/c1-4-6-10(3,11)9-8(2)5-7-12-9/h5,7,11H,4,6H2,1-3H3. The molecule has 0 aliphatic heterocycles. The van der Waals surface area contributed by atoms with Gasteiger partial charge in [-0.05, 0) is 37.3 Å². The molecule has 0 radical (unpaired) electrons. The first-order valence-corrected chi connectivity index (χ1v) is 5.23. The molecule has 0 bridgehead atoms. The fourth-order valence-electron chi connectivity index (χ4n) is 1.52. The van der Waals surface area contributed by atoms with Crippen molar-refractivity contribution in [2.45, 2.75) is 39.2 Å². The molecule has 1 rings (SSSR count). The molecule has 2 heteroatoms. The first kappa shape index (κ1) is 9.75. The van der Waals surface area contributed by atoms with Gasteiger partial charge in [-0.25, -0.2) is 0 Å². The summed E-state index contributed by atoms with van der Waals surface area (Å²) < 4.78 is 0. The van der Waals surface area contributed by atoms with Gasteiger partial charge >= 0.3 is 0 Å². The van der Waals surface area contributed by atoms with Crippen LogP contribution in [0.3, 0.4) is 0 Å². The van der Waals surface area contributed by atoms with Gasteiger partial charge in [-0.3, -0.25) is 0 Å². The molecule has 1 unspecified atom stereocenters. The molecule has 0 saturated carbocycles. The largest absolute Gasteiger partial charge is 0.385 e. The van der Waals surface area contributed by atoms with Crippen LogP contribution in [-0.4, -0.2) is 5.11 Å². The molecule has 1 aromatic rings. The Hall–Kier alpha value is -0.340. The summed E-state index contributed by atoms with van der Waals surface area (Å²) in [6, 6.07) is 2.06. The first-order chi connectivity index (χ1) is 5.58. The highest BCUT2D eigenvalue weighted by atomic mass is 32.1. The molecule has 0 amide bonds. The molecule has 0 aliphatic rings. The quantitative estimate of drug-likeness (QED) is 0.765. The third-order valence-electron chi connectivity index (χ3n) is 2.09. The minimum absolute atomic E-state index is 0.618. The Balaban J connectivity index is 2.88. The van der Waals surface area contributed by atoms with Gasteiger partial charge in [0, 0.05) is 4.88 Å². The van der Waals surface area contributed by atoms with Crippen molar-refractivity contribution in [1.29, 1.82) is 0 Å². The lowest BCUT2D eigenvalue weighted by Gasteiger charge is -2.22. The number of aryl methyl sites for hydroxylation is 1. The number of rotatable bonds is 3. The summed E-state index contributed by atoms with van der Waals surface area (Å²) in [5.74, 6) is 0. The van der Waals surface area contributed by atoms with Gasteiger partial charge < -0.3 is 5.11 Å². The smallest absolute Gasteiger partial charge is 0.0962 e. The maximum atomic E-state index is 10.1. The van der Waals surface area contributed by atoms with Crippen LogP contribution in [-0.2, 0) is 5.60 Å². The third kappa shape index (κ3) is 1.87. The van der Waals surface area contributed by atoms with Crippen LogP contribution in [0.2, 0.25) is 0 Å². The average molecular weight is 184 g/mol. The highest BCUT2D eigenvalue weighted by Gasteiger charge is 2.24. The molecule has 1 aromatic heterocycles. The van der Waals surface area contributed by atoms with Crippen molar-refractivity contribution in [3.05, 3.63) is 21.9 Å². The molecule has 68 valence electrons. The van der Waals surface area contributed by atoms with Gasteiger partial charge in [0.1, 0.15) is 0 Å². The Labute approximate surface area is 78.1 Å². The summed E-state index contributed by atoms with van der Waals surface area (Å²) in [6.07, 6.45) is 1.86. The minimum Gasteiger partial charge on any atom is -0.385 e. The van der Waals surface area contributed by atoms with E-state index >= 15 is 0 Å². The first-order valence-electron chi connectivity index (χ1n) is 4.35.